The van der Waals surface area contributed by atoms with Gasteiger partial charge in [-0.15, -0.1) is 11.3 Å². The SMILES string of the molecule is CC(C)(C)c1ccc(C(=O)NNC(=O)c2csc(N3CCOCC3)n2)cc1. The average Bonchev–Trinajstić information content (AvgIpc) is 3.16. The number of benzene rings is 1. The molecule has 0 spiro atoms. The first-order valence-corrected chi connectivity index (χ1v) is 9.72. The Hall–Kier alpha value is -2.45. The predicted molar refractivity (Wildman–Crippen MR) is 105 cm³/mol. The standard InChI is InChI=1S/C19H24N4O3S/c1-19(2,3)14-6-4-13(5-7-14)16(24)21-22-17(25)15-12-27-18(20-15)23-8-10-26-11-9-23/h4-7,12H,8-11H2,1-3H3,(H,21,24)(H,22,25). The molecule has 2 N–H and O–H groups in total. The quantitative estimate of drug-likeness (QED) is 0.789. The minimum Gasteiger partial charge on any atom is -0.378 e. The van der Waals surface area contributed by atoms with Gasteiger partial charge in [0.05, 0.1) is 13.2 Å². The Bertz CT molecular complexity index is 805. The lowest BCUT2D eigenvalue weighted by molar-refractivity contribution is 0.0844. The zero-order valence-corrected chi connectivity index (χ0v) is 16.6. The van der Waals surface area contributed by atoms with E-state index in [-0.39, 0.29) is 17.0 Å². The number of thiazole rings is 1. The Kier molecular flexibility index (Phi) is 5.76. The van der Waals surface area contributed by atoms with Gasteiger partial charge in [0.2, 0.25) is 0 Å². The second kappa shape index (κ2) is 8.06. The van der Waals surface area contributed by atoms with Gasteiger partial charge in [-0.2, -0.15) is 0 Å². The number of hydrazine groups is 1. The van der Waals surface area contributed by atoms with E-state index < -0.39 is 5.91 Å². The monoisotopic (exact) mass is 388 g/mol. The van der Waals surface area contributed by atoms with E-state index >= 15 is 0 Å². The van der Waals surface area contributed by atoms with Gasteiger partial charge in [-0.25, -0.2) is 4.98 Å². The highest BCUT2D eigenvalue weighted by Crippen LogP contribution is 2.22. The van der Waals surface area contributed by atoms with Crippen molar-refractivity contribution in [2.24, 2.45) is 0 Å². The second-order valence-corrected chi connectivity index (χ2v) is 8.19. The topological polar surface area (TPSA) is 83.6 Å². The normalized spacial score (nSPS) is 14.7. The molecule has 1 aromatic heterocycles. The molecule has 1 aromatic carbocycles. The van der Waals surface area contributed by atoms with Crippen molar-refractivity contribution >= 4 is 28.3 Å². The Balaban J connectivity index is 1.55. The minimum absolute atomic E-state index is 0.0199. The maximum atomic E-state index is 12.2. The number of nitrogens with one attached hydrogen (secondary N) is 2. The van der Waals surface area contributed by atoms with Gasteiger partial charge in [-0.1, -0.05) is 32.9 Å². The lowest BCUT2D eigenvalue weighted by Crippen LogP contribution is -2.42. The molecule has 0 atom stereocenters. The molecule has 3 rings (SSSR count). The van der Waals surface area contributed by atoms with Crippen LogP contribution in [0, 0.1) is 0 Å². The van der Waals surface area contributed by atoms with Crippen LogP contribution >= 0.6 is 11.3 Å². The molecule has 1 fully saturated rings. The summed E-state index contributed by atoms with van der Waals surface area (Å²) in [6.45, 7) is 9.17. The lowest BCUT2D eigenvalue weighted by atomic mass is 9.87. The maximum absolute atomic E-state index is 12.2. The molecule has 8 heteroatoms. The molecule has 7 nitrogen and oxygen atoms in total. The van der Waals surface area contributed by atoms with Gasteiger partial charge in [0.25, 0.3) is 11.8 Å². The summed E-state index contributed by atoms with van der Waals surface area (Å²) in [5.74, 6) is -0.808. The van der Waals surface area contributed by atoms with Crippen LogP contribution in [0.1, 0.15) is 47.2 Å². The summed E-state index contributed by atoms with van der Waals surface area (Å²) in [5.41, 5.74) is 6.78. The van der Waals surface area contributed by atoms with Gasteiger partial charge in [-0.3, -0.25) is 20.4 Å². The highest BCUT2D eigenvalue weighted by Gasteiger charge is 2.18. The molecule has 0 radical (unpaired) electrons. The molecule has 1 aliphatic heterocycles. The summed E-state index contributed by atoms with van der Waals surface area (Å²) < 4.78 is 5.32. The third-order valence-electron chi connectivity index (χ3n) is 4.31. The highest BCUT2D eigenvalue weighted by atomic mass is 32.1. The van der Waals surface area contributed by atoms with Crippen molar-refractivity contribution in [1.29, 1.82) is 0 Å². The van der Waals surface area contributed by atoms with Crippen LogP contribution in [0.5, 0.6) is 0 Å². The Labute approximate surface area is 162 Å². The fourth-order valence-corrected chi connectivity index (χ4v) is 3.50. The summed E-state index contributed by atoms with van der Waals surface area (Å²) in [7, 11) is 0. The van der Waals surface area contributed by atoms with E-state index in [0.29, 0.717) is 18.8 Å². The van der Waals surface area contributed by atoms with Gasteiger partial charge >= 0.3 is 0 Å². The van der Waals surface area contributed by atoms with E-state index in [1.54, 1.807) is 17.5 Å². The summed E-state index contributed by atoms with van der Waals surface area (Å²) in [4.78, 5) is 30.9. The first kappa shape index (κ1) is 19.3. The van der Waals surface area contributed by atoms with Crippen molar-refractivity contribution in [3.8, 4) is 0 Å². The maximum Gasteiger partial charge on any atom is 0.289 e. The number of anilines is 1. The average molecular weight is 388 g/mol. The Morgan fingerprint density at radius 2 is 1.70 bits per heavy atom. The number of nitrogens with zero attached hydrogens (tertiary/aromatic N) is 2. The minimum atomic E-state index is -0.439. The Morgan fingerprint density at radius 3 is 2.33 bits per heavy atom. The number of aromatic nitrogens is 1. The largest absolute Gasteiger partial charge is 0.378 e. The number of hydrogen-bond donors (Lipinski definition) is 2. The van der Waals surface area contributed by atoms with Crippen LogP contribution in [-0.2, 0) is 10.2 Å². The second-order valence-electron chi connectivity index (χ2n) is 7.35. The smallest absolute Gasteiger partial charge is 0.289 e. The fourth-order valence-electron chi connectivity index (χ4n) is 2.64. The van der Waals surface area contributed by atoms with Gasteiger partial charge in [0.1, 0.15) is 5.69 Å². The number of morpholine rings is 1. The molecule has 0 unspecified atom stereocenters. The van der Waals surface area contributed by atoms with E-state index in [4.69, 9.17) is 4.74 Å². The molecule has 1 saturated heterocycles. The van der Waals surface area contributed by atoms with E-state index in [1.807, 2.05) is 12.1 Å². The summed E-state index contributed by atoms with van der Waals surface area (Å²) in [5, 5.41) is 2.47. The number of carbonyl (C=O) groups is 2. The van der Waals surface area contributed by atoms with Crippen LogP contribution in [0.25, 0.3) is 0 Å². The van der Waals surface area contributed by atoms with Crippen molar-refractivity contribution in [2.75, 3.05) is 31.2 Å². The molecule has 2 aromatic rings. The number of hydrogen-bond acceptors (Lipinski definition) is 6. The van der Waals surface area contributed by atoms with Crippen molar-refractivity contribution in [3.05, 3.63) is 46.5 Å². The predicted octanol–water partition coefficient (Wildman–Crippen LogP) is 2.35. The van der Waals surface area contributed by atoms with Crippen LogP contribution < -0.4 is 15.8 Å². The third kappa shape index (κ3) is 4.84. The first-order valence-electron chi connectivity index (χ1n) is 8.84. The summed E-state index contributed by atoms with van der Waals surface area (Å²) in [6.07, 6.45) is 0. The van der Waals surface area contributed by atoms with Gasteiger partial charge in [0.15, 0.2) is 5.13 Å². The third-order valence-corrected chi connectivity index (χ3v) is 5.21. The molecule has 27 heavy (non-hydrogen) atoms. The zero-order valence-electron chi connectivity index (χ0n) is 15.7. The van der Waals surface area contributed by atoms with Gasteiger partial charge in [0, 0.05) is 24.0 Å². The number of amides is 2. The fraction of sp³-hybridized carbons (Fsp3) is 0.421. The molecule has 0 saturated carbocycles. The number of carbonyl (C=O) groups excluding carboxylic acids is 2. The lowest BCUT2D eigenvalue weighted by Gasteiger charge is -2.25. The van der Waals surface area contributed by atoms with Crippen LogP contribution in [0.15, 0.2) is 29.6 Å². The van der Waals surface area contributed by atoms with Gasteiger partial charge in [-0.05, 0) is 23.1 Å². The molecule has 2 amide bonds. The van der Waals surface area contributed by atoms with Crippen molar-refractivity contribution in [2.45, 2.75) is 26.2 Å². The molecular formula is C19H24N4O3S. The number of rotatable bonds is 3. The molecule has 1 aliphatic rings. The van der Waals surface area contributed by atoms with E-state index in [0.717, 1.165) is 23.8 Å². The van der Waals surface area contributed by atoms with E-state index in [1.165, 1.54) is 11.3 Å². The highest BCUT2D eigenvalue weighted by molar-refractivity contribution is 7.13. The number of ether oxygens (including phenoxy) is 1. The summed E-state index contributed by atoms with van der Waals surface area (Å²) >= 11 is 1.40. The van der Waals surface area contributed by atoms with Crippen LogP contribution in [-0.4, -0.2) is 43.1 Å². The van der Waals surface area contributed by atoms with Crippen LogP contribution in [0.4, 0.5) is 5.13 Å². The Morgan fingerprint density at radius 1 is 1.07 bits per heavy atom. The van der Waals surface area contributed by atoms with E-state index in [2.05, 4.69) is 41.5 Å². The first-order chi connectivity index (χ1) is 12.8. The van der Waals surface area contributed by atoms with Crippen molar-refractivity contribution < 1.29 is 14.3 Å². The van der Waals surface area contributed by atoms with Gasteiger partial charge < -0.3 is 9.64 Å². The van der Waals surface area contributed by atoms with Crippen molar-refractivity contribution in [3.63, 3.8) is 0 Å². The molecule has 2 heterocycles. The zero-order chi connectivity index (χ0) is 19.4. The van der Waals surface area contributed by atoms with Crippen LogP contribution in [0.3, 0.4) is 0 Å². The van der Waals surface area contributed by atoms with Crippen LogP contribution in [0.2, 0.25) is 0 Å². The molecule has 144 valence electrons. The molecule has 0 aliphatic carbocycles. The molecular weight excluding hydrogens is 364 g/mol. The van der Waals surface area contributed by atoms with E-state index in [9.17, 15) is 9.59 Å². The summed E-state index contributed by atoms with van der Waals surface area (Å²) in [6, 6.07) is 7.35. The molecule has 0 bridgehead atoms. The van der Waals surface area contributed by atoms with Crippen molar-refractivity contribution in [1.82, 2.24) is 15.8 Å².